The van der Waals surface area contributed by atoms with Crippen molar-refractivity contribution in [2.75, 3.05) is 19.6 Å². The number of guanidine groups is 1. The summed E-state index contributed by atoms with van der Waals surface area (Å²) in [7, 11) is 0. The first-order valence-electron chi connectivity index (χ1n) is 8.67. The Kier molecular flexibility index (Phi) is 7.99. The van der Waals surface area contributed by atoms with Crippen molar-refractivity contribution in [1.82, 2.24) is 25.2 Å². The molecule has 0 saturated heterocycles. The van der Waals surface area contributed by atoms with Crippen molar-refractivity contribution < 1.29 is 5.11 Å². The highest BCUT2D eigenvalue weighted by Crippen LogP contribution is 2.25. The first-order chi connectivity index (χ1) is 12.6. The molecule has 146 valence electrons. The number of hydrogen-bond donors (Lipinski definition) is 3. The minimum atomic E-state index is -0.972. The Hall–Kier alpha value is -1.72. The van der Waals surface area contributed by atoms with E-state index in [9.17, 15) is 5.11 Å². The molecule has 0 aliphatic heterocycles. The van der Waals surface area contributed by atoms with Gasteiger partial charge in [-0.2, -0.15) is 0 Å². The molecule has 27 heavy (non-hydrogen) atoms. The number of rotatable bonds is 7. The average molecular weight is 500 g/mol. The third kappa shape index (κ3) is 5.63. The lowest BCUT2D eigenvalue weighted by Gasteiger charge is -2.20. The zero-order valence-corrected chi connectivity index (χ0v) is 18.6. The summed E-state index contributed by atoms with van der Waals surface area (Å²) in [4.78, 5) is 5.44. The molecule has 3 N–H and O–H groups in total. The van der Waals surface area contributed by atoms with E-state index in [1.165, 1.54) is 11.3 Å². The fourth-order valence-electron chi connectivity index (χ4n) is 2.59. The fourth-order valence-corrected chi connectivity index (χ4v) is 3.37. The molecule has 3 heterocycles. The van der Waals surface area contributed by atoms with Crippen LogP contribution in [0.1, 0.15) is 24.5 Å². The maximum atomic E-state index is 10.6. The molecule has 1 atom stereocenters. The van der Waals surface area contributed by atoms with Gasteiger partial charge in [-0.15, -0.1) is 45.5 Å². The van der Waals surface area contributed by atoms with Gasteiger partial charge in [-0.1, -0.05) is 12.1 Å². The van der Waals surface area contributed by atoms with Gasteiger partial charge in [0.15, 0.2) is 11.6 Å². The summed E-state index contributed by atoms with van der Waals surface area (Å²) in [5, 5.41) is 27.5. The number of thiophene rings is 1. The maximum absolute atomic E-state index is 10.6. The van der Waals surface area contributed by atoms with Crippen LogP contribution in [0, 0.1) is 0 Å². The first-order valence-corrected chi connectivity index (χ1v) is 9.55. The third-order valence-electron chi connectivity index (χ3n) is 3.97. The Morgan fingerprint density at radius 3 is 2.85 bits per heavy atom. The van der Waals surface area contributed by atoms with E-state index >= 15 is 0 Å². The third-order valence-corrected chi connectivity index (χ3v) is 5.09. The van der Waals surface area contributed by atoms with E-state index in [0.717, 1.165) is 29.3 Å². The fraction of sp³-hybridized carbons (Fsp3) is 0.389. The zero-order chi connectivity index (χ0) is 18.4. The second-order valence-electron chi connectivity index (χ2n) is 6.17. The molecule has 7 nitrogen and oxygen atoms in total. The van der Waals surface area contributed by atoms with Gasteiger partial charge in [0, 0.05) is 30.6 Å². The number of aromatic nitrogens is 3. The predicted molar refractivity (Wildman–Crippen MR) is 120 cm³/mol. The van der Waals surface area contributed by atoms with E-state index in [4.69, 9.17) is 0 Å². The largest absolute Gasteiger partial charge is 0.383 e. The highest BCUT2D eigenvalue weighted by Gasteiger charge is 2.23. The van der Waals surface area contributed by atoms with E-state index in [-0.39, 0.29) is 30.5 Å². The summed E-state index contributed by atoms with van der Waals surface area (Å²) in [5.41, 5.74) is -0.130. The number of nitrogens with one attached hydrogen (secondary N) is 2. The SMILES string of the molecule is CCNC(=NCC(C)(O)c1cccs1)NCCc1nnc2ccccn12.I. The average Bonchev–Trinajstić information content (AvgIpc) is 3.30. The molecule has 3 aromatic heterocycles. The van der Waals surface area contributed by atoms with E-state index in [1.807, 2.05) is 53.2 Å². The lowest BCUT2D eigenvalue weighted by atomic mass is 10.1. The number of aliphatic imine (C=N–C) groups is 1. The topological polar surface area (TPSA) is 86.8 Å². The molecule has 0 aliphatic carbocycles. The van der Waals surface area contributed by atoms with Crippen molar-refractivity contribution in [2.24, 2.45) is 4.99 Å². The van der Waals surface area contributed by atoms with Gasteiger partial charge in [0.25, 0.3) is 0 Å². The van der Waals surface area contributed by atoms with Crippen molar-refractivity contribution in [3.63, 3.8) is 0 Å². The van der Waals surface area contributed by atoms with E-state index < -0.39 is 5.60 Å². The smallest absolute Gasteiger partial charge is 0.191 e. The zero-order valence-electron chi connectivity index (χ0n) is 15.4. The van der Waals surface area contributed by atoms with Crippen molar-refractivity contribution in [1.29, 1.82) is 0 Å². The highest BCUT2D eigenvalue weighted by molar-refractivity contribution is 14.0. The first kappa shape index (κ1) is 21.6. The number of nitrogens with zero attached hydrogens (tertiary/aromatic N) is 4. The van der Waals surface area contributed by atoms with Crippen molar-refractivity contribution in [3.05, 3.63) is 52.6 Å². The van der Waals surface area contributed by atoms with Crippen LogP contribution in [0.25, 0.3) is 5.65 Å². The Labute approximate surface area is 180 Å². The highest BCUT2D eigenvalue weighted by atomic mass is 127. The summed E-state index contributed by atoms with van der Waals surface area (Å²) in [6.07, 6.45) is 2.68. The van der Waals surface area contributed by atoms with Gasteiger partial charge >= 0.3 is 0 Å². The Balaban J connectivity index is 0.00000261. The van der Waals surface area contributed by atoms with Crippen LogP contribution in [-0.2, 0) is 12.0 Å². The predicted octanol–water partition coefficient (Wildman–Crippen LogP) is 2.41. The van der Waals surface area contributed by atoms with Gasteiger partial charge in [-0.3, -0.25) is 4.40 Å². The molecule has 0 bridgehead atoms. The molecule has 0 aromatic carbocycles. The molecular formula is C18H25IN6OS. The molecule has 1 unspecified atom stereocenters. The van der Waals surface area contributed by atoms with Gasteiger partial charge in [0.05, 0.1) is 6.54 Å². The summed E-state index contributed by atoms with van der Waals surface area (Å²) >= 11 is 1.53. The summed E-state index contributed by atoms with van der Waals surface area (Å²) in [5.74, 6) is 1.58. The van der Waals surface area contributed by atoms with Crippen LogP contribution in [0.3, 0.4) is 0 Å². The van der Waals surface area contributed by atoms with Crippen molar-refractivity contribution in [2.45, 2.75) is 25.9 Å². The van der Waals surface area contributed by atoms with E-state index in [0.29, 0.717) is 12.5 Å². The molecule has 0 saturated carbocycles. The van der Waals surface area contributed by atoms with Crippen molar-refractivity contribution in [3.8, 4) is 0 Å². The van der Waals surface area contributed by atoms with E-state index in [1.54, 1.807) is 6.92 Å². The molecule has 9 heteroatoms. The normalized spacial score (nSPS) is 13.8. The van der Waals surface area contributed by atoms with Crippen LogP contribution in [0.2, 0.25) is 0 Å². The molecule has 0 amide bonds. The number of halogens is 1. The number of aliphatic hydroxyl groups is 1. The van der Waals surface area contributed by atoms with Gasteiger partial charge < -0.3 is 15.7 Å². The molecule has 3 aromatic rings. The Bertz CT molecular complexity index is 862. The van der Waals surface area contributed by atoms with Gasteiger partial charge in [0.1, 0.15) is 11.4 Å². The van der Waals surface area contributed by atoms with Crippen LogP contribution < -0.4 is 10.6 Å². The van der Waals surface area contributed by atoms with Crippen molar-refractivity contribution >= 4 is 46.9 Å². The lowest BCUT2D eigenvalue weighted by Crippen LogP contribution is -2.39. The van der Waals surface area contributed by atoms with Crippen LogP contribution in [-0.4, -0.2) is 45.3 Å². The summed E-state index contributed by atoms with van der Waals surface area (Å²) < 4.78 is 1.98. The van der Waals surface area contributed by atoms with Gasteiger partial charge in [0.2, 0.25) is 0 Å². The molecule has 0 aliphatic rings. The number of fused-ring (bicyclic) bond motifs is 1. The minimum absolute atomic E-state index is 0. The minimum Gasteiger partial charge on any atom is -0.383 e. The molecule has 3 rings (SSSR count). The summed E-state index contributed by atoms with van der Waals surface area (Å²) in [6.45, 7) is 5.51. The Morgan fingerprint density at radius 1 is 1.26 bits per heavy atom. The van der Waals surface area contributed by atoms with Crippen LogP contribution in [0.4, 0.5) is 0 Å². The van der Waals surface area contributed by atoms with Crippen LogP contribution >= 0.6 is 35.3 Å². The van der Waals surface area contributed by atoms with Gasteiger partial charge in [-0.05, 0) is 37.4 Å². The Morgan fingerprint density at radius 2 is 2.11 bits per heavy atom. The quantitative estimate of drug-likeness (QED) is 0.264. The standard InChI is InChI=1S/C18H24N6OS.HI/c1-3-19-17(21-13-18(2,25)14-7-6-12-26-14)20-10-9-16-23-22-15-8-4-5-11-24(15)16;/h4-8,11-12,25H,3,9-10,13H2,1-2H3,(H2,19,20,21);1H. The lowest BCUT2D eigenvalue weighted by molar-refractivity contribution is 0.0711. The second kappa shape index (κ2) is 10.00. The van der Waals surface area contributed by atoms with Crippen LogP contribution in [0.5, 0.6) is 0 Å². The maximum Gasteiger partial charge on any atom is 0.191 e. The van der Waals surface area contributed by atoms with E-state index in [2.05, 4.69) is 25.8 Å². The van der Waals surface area contributed by atoms with Gasteiger partial charge in [-0.25, -0.2) is 4.99 Å². The molecular weight excluding hydrogens is 475 g/mol. The monoisotopic (exact) mass is 500 g/mol. The number of hydrogen-bond acceptors (Lipinski definition) is 5. The summed E-state index contributed by atoms with van der Waals surface area (Å²) in [6, 6.07) is 9.70. The molecule has 0 spiro atoms. The molecule has 0 fully saturated rings. The molecule has 0 radical (unpaired) electrons. The number of pyridine rings is 1. The van der Waals surface area contributed by atoms with Crippen LogP contribution in [0.15, 0.2) is 46.9 Å². The second-order valence-corrected chi connectivity index (χ2v) is 7.12.